The lowest BCUT2D eigenvalue weighted by Gasteiger charge is -2.19. The Hall–Kier alpha value is -3.17. The molecule has 31 heavy (non-hydrogen) atoms. The fourth-order valence-corrected chi connectivity index (χ4v) is 3.67. The van der Waals surface area contributed by atoms with Gasteiger partial charge in [-0.05, 0) is 32.3 Å². The van der Waals surface area contributed by atoms with Crippen LogP contribution in [0.25, 0.3) is 10.9 Å². The Kier molecular flexibility index (Phi) is 5.79. The second kappa shape index (κ2) is 8.52. The number of anilines is 3. The number of amides is 1. The molecular weight excluding hydrogens is 425 g/mol. The maximum absolute atomic E-state index is 14.4. The van der Waals surface area contributed by atoms with E-state index in [-0.39, 0.29) is 16.8 Å². The van der Waals surface area contributed by atoms with E-state index in [9.17, 15) is 9.18 Å². The highest BCUT2D eigenvalue weighted by atomic mass is 35.5. The summed E-state index contributed by atoms with van der Waals surface area (Å²) in [5.74, 6) is 0.250. The number of benzene rings is 2. The number of nitrogens with zero attached hydrogens (tertiary/aromatic N) is 4. The first kappa shape index (κ1) is 21.1. The maximum Gasteiger partial charge on any atom is 0.414 e. The lowest BCUT2D eigenvalue weighted by molar-refractivity contribution is 0.123. The van der Waals surface area contributed by atoms with Crippen LogP contribution in [0.4, 0.5) is 26.4 Å². The van der Waals surface area contributed by atoms with Crippen LogP contribution in [0.3, 0.4) is 0 Å². The number of ether oxygens (including phenoxy) is 2. The minimum atomic E-state index is -0.584. The Morgan fingerprint density at radius 2 is 2.16 bits per heavy atom. The molecule has 3 aromatic rings. The average molecular weight is 446 g/mol. The molecule has 2 aromatic carbocycles. The Morgan fingerprint density at radius 3 is 2.90 bits per heavy atom. The van der Waals surface area contributed by atoms with E-state index in [2.05, 4.69) is 15.3 Å². The Balaban J connectivity index is 1.76. The van der Waals surface area contributed by atoms with Gasteiger partial charge in [0.25, 0.3) is 0 Å². The number of rotatable bonds is 6. The zero-order valence-corrected chi connectivity index (χ0v) is 18.0. The molecule has 1 amide bonds. The first-order valence-electron chi connectivity index (χ1n) is 9.54. The van der Waals surface area contributed by atoms with Crippen molar-refractivity contribution >= 4 is 45.8 Å². The third-order valence-electron chi connectivity index (χ3n) is 4.87. The molecule has 0 unspecified atom stereocenters. The highest BCUT2D eigenvalue weighted by Gasteiger charge is 2.34. The van der Waals surface area contributed by atoms with Gasteiger partial charge >= 0.3 is 6.09 Å². The molecule has 4 rings (SSSR count). The summed E-state index contributed by atoms with van der Waals surface area (Å²) in [5, 5.41) is 3.55. The van der Waals surface area contributed by atoms with Crippen LogP contribution in [0.5, 0.6) is 5.75 Å². The molecule has 0 aliphatic carbocycles. The second-order valence-electron chi connectivity index (χ2n) is 7.37. The number of fused-ring (bicyclic) bond motifs is 1. The number of aromatic nitrogens is 2. The van der Waals surface area contributed by atoms with Gasteiger partial charge in [0.2, 0.25) is 0 Å². The minimum Gasteiger partial charge on any atom is -0.494 e. The largest absolute Gasteiger partial charge is 0.494 e. The molecule has 1 fully saturated rings. The average Bonchev–Trinajstić information content (AvgIpc) is 3.09. The molecule has 0 radical (unpaired) electrons. The molecule has 0 spiro atoms. The molecule has 0 saturated carbocycles. The zero-order valence-electron chi connectivity index (χ0n) is 17.2. The first-order valence-corrected chi connectivity index (χ1v) is 9.92. The van der Waals surface area contributed by atoms with Crippen LogP contribution >= 0.6 is 11.6 Å². The van der Waals surface area contributed by atoms with E-state index in [0.29, 0.717) is 41.2 Å². The van der Waals surface area contributed by atoms with E-state index in [1.807, 2.05) is 19.0 Å². The molecule has 0 bridgehead atoms. The van der Waals surface area contributed by atoms with E-state index >= 15 is 0 Å². The molecule has 1 aliphatic heterocycles. The number of nitrogens with one attached hydrogen (secondary N) is 1. The van der Waals surface area contributed by atoms with Crippen molar-refractivity contribution in [3.63, 3.8) is 0 Å². The van der Waals surface area contributed by atoms with Crippen molar-refractivity contribution < 1.29 is 18.7 Å². The minimum absolute atomic E-state index is 0.00235. The number of cyclic esters (lactones) is 1. The van der Waals surface area contributed by atoms with Crippen molar-refractivity contribution in [3.8, 4) is 5.75 Å². The third-order valence-corrected chi connectivity index (χ3v) is 5.17. The van der Waals surface area contributed by atoms with Crippen LogP contribution in [0.2, 0.25) is 5.02 Å². The summed E-state index contributed by atoms with van der Waals surface area (Å²) in [6.45, 7) is 0.973. The predicted molar refractivity (Wildman–Crippen MR) is 117 cm³/mol. The summed E-state index contributed by atoms with van der Waals surface area (Å²) >= 11 is 5.89. The van der Waals surface area contributed by atoms with Gasteiger partial charge in [0.1, 0.15) is 24.0 Å². The summed E-state index contributed by atoms with van der Waals surface area (Å²) in [6, 6.07) is 8.10. The van der Waals surface area contributed by atoms with Gasteiger partial charge in [-0.15, -0.1) is 0 Å². The Bertz CT molecular complexity index is 1140. The first-order chi connectivity index (χ1) is 14.9. The highest BCUT2D eigenvalue weighted by Crippen LogP contribution is 2.37. The van der Waals surface area contributed by atoms with Crippen molar-refractivity contribution in [2.24, 2.45) is 0 Å². The molecule has 1 N–H and O–H groups in total. The van der Waals surface area contributed by atoms with Crippen LogP contribution in [0.15, 0.2) is 36.7 Å². The lowest BCUT2D eigenvalue weighted by Crippen LogP contribution is -2.30. The SMILES string of the molecule is COc1cc2ncnc(Nc3cccc(Cl)c3F)c2cc1N1C[C@H](CN(C)C)OC1=O. The monoisotopic (exact) mass is 445 g/mol. The number of likely N-dealkylation sites (N-methyl/N-ethyl adjacent to an activating group) is 1. The quantitative estimate of drug-likeness (QED) is 0.612. The Labute approximate surface area is 183 Å². The van der Waals surface area contributed by atoms with E-state index in [1.165, 1.54) is 24.4 Å². The van der Waals surface area contributed by atoms with E-state index in [0.717, 1.165) is 0 Å². The van der Waals surface area contributed by atoms with Gasteiger partial charge in [0, 0.05) is 18.0 Å². The molecule has 10 heteroatoms. The van der Waals surface area contributed by atoms with Crippen molar-refractivity contribution in [2.75, 3.05) is 44.5 Å². The van der Waals surface area contributed by atoms with E-state index < -0.39 is 11.9 Å². The fraction of sp³-hybridized carbons (Fsp3) is 0.286. The number of halogens is 2. The van der Waals surface area contributed by atoms with E-state index in [4.69, 9.17) is 21.1 Å². The van der Waals surface area contributed by atoms with Gasteiger partial charge < -0.3 is 19.7 Å². The molecule has 2 heterocycles. The van der Waals surface area contributed by atoms with Gasteiger partial charge in [-0.3, -0.25) is 4.90 Å². The molecule has 1 atom stereocenters. The second-order valence-corrected chi connectivity index (χ2v) is 7.78. The number of methoxy groups -OCH3 is 1. The summed E-state index contributed by atoms with van der Waals surface area (Å²) in [4.78, 5) is 24.6. The fourth-order valence-electron chi connectivity index (χ4n) is 3.50. The summed E-state index contributed by atoms with van der Waals surface area (Å²) in [5.41, 5.74) is 1.26. The molecule has 1 aliphatic rings. The van der Waals surface area contributed by atoms with Crippen LogP contribution in [-0.4, -0.2) is 61.4 Å². The molecule has 8 nitrogen and oxygen atoms in total. The van der Waals surface area contributed by atoms with Gasteiger partial charge in [0.05, 0.1) is 35.6 Å². The summed E-state index contributed by atoms with van der Waals surface area (Å²) < 4.78 is 25.4. The molecule has 162 valence electrons. The number of hydrogen-bond donors (Lipinski definition) is 1. The van der Waals surface area contributed by atoms with Crippen molar-refractivity contribution in [2.45, 2.75) is 6.10 Å². The van der Waals surface area contributed by atoms with Crippen molar-refractivity contribution in [3.05, 3.63) is 47.5 Å². The summed E-state index contributed by atoms with van der Waals surface area (Å²) in [7, 11) is 5.35. The topological polar surface area (TPSA) is 79.8 Å². The van der Waals surface area contributed by atoms with Gasteiger partial charge in [-0.25, -0.2) is 19.2 Å². The Morgan fingerprint density at radius 1 is 1.35 bits per heavy atom. The summed E-state index contributed by atoms with van der Waals surface area (Å²) in [6.07, 6.45) is 0.633. The maximum atomic E-state index is 14.4. The van der Waals surface area contributed by atoms with Crippen LogP contribution in [0.1, 0.15) is 0 Å². The molecule has 1 saturated heterocycles. The van der Waals surface area contributed by atoms with E-state index in [1.54, 1.807) is 24.3 Å². The van der Waals surface area contributed by atoms with Gasteiger partial charge in [-0.2, -0.15) is 0 Å². The highest BCUT2D eigenvalue weighted by molar-refractivity contribution is 6.31. The van der Waals surface area contributed by atoms with Gasteiger partial charge in [-0.1, -0.05) is 17.7 Å². The number of carbonyl (C=O) groups excluding carboxylic acids is 1. The molecule has 1 aromatic heterocycles. The standard InChI is InChI=1S/C21H21ClFN5O3/c1-27(2)9-12-10-28(21(29)31-12)17-7-13-16(8-18(17)30-3)24-11-25-20(13)26-15-6-4-5-14(22)19(15)23/h4-8,11-12H,9-10H2,1-3H3,(H,24,25,26)/t12-/m0/s1. The predicted octanol–water partition coefficient (Wildman–Crippen LogP) is 4.06. The smallest absolute Gasteiger partial charge is 0.414 e. The third kappa shape index (κ3) is 4.19. The van der Waals surface area contributed by atoms with Crippen LogP contribution in [-0.2, 0) is 4.74 Å². The van der Waals surface area contributed by atoms with Crippen LogP contribution < -0.4 is 15.0 Å². The number of hydrogen-bond acceptors (Lipinski definition) is 7. The molecular formula is C21H21ClFN5O3. The van der Waals surface area contributed by atoms with Crippen molar-refractivity contribution in [1.82, 2.24) is 14.9 Å². The van der Waals surface area contributed by atoms with Gasteiger partial charge in [0.15, 0.2) is 5.82 Å². The number of carbonyl (C=O) groups is 1. The zero-order chi connectivity index (χ0) is 22.1. The normalized spacial score (nSPS) is 16.1. The van der Waals surface area contributed by atoms with Crippen molar-refractivity contribution in [1.29, 1.82) is 0 Å². The lowest BCUT2D eigenvalue weighted by atomic mass is 10.1. The van der Waals surface area contributed by atoms with Crippen LogP contribution in [0, 0.1) is 5.82 Å².